The minimum Gasteiger partial charge on any atom is -0.391 e. The van der Waals surface area contributed by atoms with E-state index in [0.29, 0.717) is 0 Å². The van der Waals surface area contributed by atoms with Gasteiger partial charge in [-0.25, -0.2) is 0 Å². The second kappa shape index (κ2) is 7.68. The highest BCUT2D eigenvalue weighted by Gasteiger charge is 2.57. The quantitative estimate of drug-likeness (QED) is 0.648. The van der Waals surface area contributed by atoms with Crippen LogP contribution in [0.25, 0.3) is 0 Å². The van der Waals surface area contributed by atoms with Crippen molar-refractivity contribution in [2.24, 2.45) is 0 Å². The van der Waals surface area contributed by atoms with E-state index < -0.39 is 29.5 Å². The molecule has 0 aromatic carbocycles. The Balaban J connectivity index is 5.74. The van der Waals surface area contributed by atoms with Gasteiger partial charge in [-0.15, -0.1) is 0 Å². The van der Waals surface area contributed by atoms with E-state index in [2.05, 4.69) is 0 Å². The Labute approximate surface area is 122 Å². The molecule has 0 saturated carbocycles. The number of aliphatic hydroxyl groups excluding tert-OH is 2. The van der Waals surface area contributed by atoms with Crippen LogP contribution in [0.15, 0.2) is 0 Å². The number of aliphatic hydroxyl groups is 2. The second-order valence-electron chi connectivity index (χ2n) is 5.39. The summed E-state index contributed by atoms with van der Waals surface area (Å²) in [6.45, 7) is 6.94. The SMILES string of the molecule is COC(C)C(C)(OC)C(C)(OC)C(OC)C(O)C(C)O. The molecule has 0 bridgehead atoms. The summed E-state index contributed by atoms with van der Waals surface area (Å²) < 4.78 is 22.1. The highest BCUT2D eigenvalue weighted by atomic mass is 16.6. The lowest BCUT2D eigenvalue weighted by atomic mass is 9.75. The maximum Gasteiger partial charge on any atom is 0.125 e. The van der Waals surface area contributed by atoms with Crippen LogP contribution in [0.4, 0.5) is 0 Å². The Hall–Kier alpha value is -0.240. The van der Waals surface area contributed by atoms with E-state index >= 15 is 0 Å². The van der Waals surface area contributed by atoms with Crippen LogP contribution in [-0.4, -0.2) is 74.3 Å². The largest absolute Gasteiger partial charge is 0.391 e. The molecule has 6 heteroatoms. The number of rotatable bonds is 9. The summed E-state index contributed by atoms with van der Waals surface area (Å²) in [6.07, 6.45) is -3.21. The fourth-order valence-corrected chi connectivity index (χ4v) is 2.54. The van der Waals surface area contributed by atoms with Gasteiger partial charge >= 0.3 is 0 Å². The van der Waals surface area contributed by atoms with Crippen molar-refractivity contribution in [1.29, 1.82) is 0 Å². The van der Waals surface area contributed by atoms with Crippen LogP contribution in [0.3, 0.4) is 0 Å². The number of ether oxygens (including phenoxy) is 4. The van der Waals surface area contributed by atoms with Crippen molar-refractivity contribution in [3.63, 3.8) is 0 Å². The Morgan fingerprint density at radius 1 is 0.800 bits per heavy atom. The van der Waals surface area contributed by atoms with Gasteiger partial charge in [0.15, 0.2) is 0 Å². The van der Waals surface area contributed by atoms with Crippen molar-refractivity contribution in [2.45, 2.75) is 63.3 Å². The zero-order valence-electron chi connectivity index (χ0n) is 13.8. The molecule has 6 atom stereocenters. The summed E-state index contributed by atoms with van der Waals surface area (Å²) in [6, 6.07) is 0. The summed E-state index contributed by atoms with van der Waals surface area (Å²) in [7, 11) is 6.10. The first-order chi connectivity index (χ1) is 9.16. The maximum absolute atomic E-state index is 10.2. The van der Waals surface area contributed by atoms with Crippen LogP contribution in [0.2, 0.25) is 0 Å². The zero-order valence-corrected chi connectivity index (χ0v) is 13.8. The van der Waals surface area contributed by atoms with E-state index in [9.17, 15) is 10.2 Å². The third kappa shape index (κ3) is 3.32. The first-order valence-electron chi connectivity index (χ1n) is 6.68. The van der Waals surface area contributed by atoms with Gasteiger partial charge in [0, 0.05) is 28.4 Å². The molecule has 0 aliphatic carbocycles. The normalized spacial score (nSPS) is 24.3. The molecule has 0 spiro atoms. The average molecular weight is 294 g/mol. The molecular formula is C14H30O6. The lowest BCUT2D eigenvalue weighted by molar-refractivity contribution is -0.270. The molecule has 0 aliphatic heterocycles. The van der Waals surface area contributed by atoms with Crippen molar-refractivity contribution in [2.75, 3.05) is 28.4 Å². The van der Waals surface area contributed by atoms with Crippen LogP contribution in [0.1, 0.15) is 27.7 Å². The molecule has 2 N–H and O–H groups in total. The van der Waals surface area contributed by atoms with E-state index in [4.69, 9.17) is 18.9 Å². The van der Waals surface area contributed by atoms with Crippen molar-refractivity contribution >= 4 is 0 Å². The molecule has 0 saturated heterocycles. The van der Waals surface area contributed by atoms with Gasteiger partial charge in [0.25, 0.3) is 0 Å². The number of hydrogen-bond donors (Lipinski definition) is 2. The number of methoxy groups -OCH3 is 4. The van der Waals surface area contributed by atoms with Crippen LogP contribution in [-0.2, 0) is 18.9 Å². The predicted molar refractivity (Wildman–Crippen MR) is 75.8 cm³/mol. The van der Waals surface area contributed by atoms with Gasteiger partial charge in [-0.3, -0.25) is 0 Å². The molecular weight excluding hydrogens is 264 g/mol. The van der Waals surface area contributed by atoms with E-state index in [1.165, 1.54) is 21.1 Å². The summed E-state index contributed by atoms with van der Waals surface area (Å²) in [4.78, 5) is 0. The summed E-state index contributed by atoms with van der Waals surface area (Å²) in [5.74, 6) is 0. The van der Waals surface area contributed by atoms with E-state index in [1.807, 2.05) is 13.8 Å². The standard InChI is InChI=1S/C14H30O6/c1-9(15)11(16)12(18-6)14(4,20-8)13(3,19-7)10(2)17-5/h9-12,15-16H,1-8H3. The van der Waals surface area contributed by atoms with Crippen molar-refractivity contribution < 1.29 is 29.2 Å². The molecule has 0 fully saturated rings. The highest BCUT2D eigenvalue weighted by molar-refractivity contribution is 5.07. The van der Waals surface area contributed by atoms with Gasteiger partial charge in [-0.1, -0.05) is 0 Å². The lowest BCUT2D eigenvalue weighted by Crippen LogP contribution is -2.68. The molecule has 0 aliphatic rings. The van der Waals surface area contributed by atoms with E-state index in [1.54, 1.807) is 21.1 Å². The summed E-state index contributed by atoms with van der Waals surface area (Å²) in [5.41, 5.74) is -1.94. The fourth-order valence-electron chi connectivity index (χ4n) is 2.54. The molecule has 20 heavy (non-hydrogen) atoms. The van der Waals surface area contributed by atoms with E-state index in [-0.39, 0.29) is 6.10 Å². The molecule has 0 amide bonds. The molecule has 0 aromatic heterocycles. The van der Waals surface area contributed by atoms with Crippen molar-refractivity contribution in [1.82, 2.24) is 0 Å². The molecule has 0 radical (unpaired) electrons. The van der Waals surface area contributed by atoms with Gasteiger partial charge in [0.05, 0.1) is 12.2 Å². The topological polar surface area (TPSA) is 77.4 Å². The second-order valence-corrected chi connectivity index (χ2v) is 5.39. The third-order valence-corrected chi connectivity index (χ3v) is 4.56. The van der Waals surface area contributed by atoms with Crippen LogP contribution >= 0.6 is 0 Å². The minimum atomic E-state index is -1.12. The Morgan fingerprint density at radius 3 is 1.50 bits per heavy atom. The summed E-state index contributed by atoms with van der Waals surface area (Å²) in [5, 5.41) is 19.9. The van der Waals surface area contributed by atoms with E-state index in [0.717, 1.165) is 0 Å². The monoisotopic (exact) mass is 294 g/mol. The van der Waals surface area contributed by atoms with Crippen LogP contribution in [0, 0.1) is 0 Å². The molecule has 6 unspecified atom stereocenters. The van der Waals surface area contributed by atoms with Crippen LogP contribution < -0.4 is 0 Å². The first-order valence-corrected chi connectivity index (χ1v) is 6.68. The first kappa shape index (κ1) is 19.8. The molecule has 122 valence electrons. The summed E-state index contributed by atoms with van der Waals surface area (Å²) >= 11 is 0. The van der Waals surface area contributed by atoms with Gasteiger partial charge < -0.3 is 29.2 Å². The van der Waals surface area contributed by atoms with Gasteiger partial charge in [-0.05, 0) is 27.7 Å². The Morgan fingerprint density at radius 2 is 1.25 bits per heavy atom. The molecule has 0 rings (SSSR count). The highest BCUT2D eigenvalue weighted by Crippen LogP contribution is 2.38. The van der Waals surface area contributed by atoms with Gasteiger partial charge in [0.1, 0.15) is 23.4 Å². The number of hydrogen-bond acceptors (Lipinski definition) is 6. The van der Waals surface area contributed by atoms with Crippen molar-refractivity contribution in [3.8, 4) is 0 Å². The molecule has 0 heterocycles. The maximum atomic E-state index is 10.2. The fraction of sp³-hybridized carbons (Fsp3) is 1.00. The van der Waals surface area contributed by atoms with Gasteiger partial charge in [0.2, 0.25) is 0 Å². The predicted octanol–water partition coefficient (Wildman–Crippen LogP) is 0.588. The van der Waals surface area contributed by atoms with Gasteiger partial charge in [-0.2, -0.15) is 0 Å². The third-order valence-electron chi connectivity index (χ3n) is 4.56. The smallest absolute Gasteiger partial charge is 0.125 e. The lowest BCUT2D eigenvalue weighted by Gasteiger charge is -2.51. The molecule has 0 aromatic rings. The minimum absolute atomic E-state index is 0.323. The van der Waals surface area contributed by atoms with Crippen molar-refractivity contribution in [3.05, 3.63) is 0 Å². The zero-order chi connectivity index (χ0) is 16.1. The average Bonchev–Trinajstić information content (AvgIpc) is 2.45. The Kier molecular flexibility index (Phi) is 7.59. The Bertz CT molecular complexity index is 285. The molecule has 6 nitrogen and oxygen atoms in total. The van der Waals surface area contributed by atoms with Crippen LogP contribution in [0.5, 0.6) is 0 Å².